The summed E-state index contributed by atoms with van der Waals surface area (Å²) in [5.74, 6) is 0.276. The van der Waals surface area contributed by atoms with Gasteiger partial charge in [-0.2, -0.15) is 0 Å². The lowest BCUT2D eigenvalue weighted by Crippen LogP contribution is -2.44. The monoisotopic (exact) mass is 871 g/mol. The summed E-state index contributed by atoms with van der Waals surface area (Å²) in [7, 11) is -2.55. The van der Waals surface area contributed by atoms with Gasteiger partial charge in [0.05, 0.1) is 37.6 Å². The number of fused-ring (bicyclic) bond motifs is 1. The van der Waals surface area contributed by atoms with Gasteiger partial charge in [-0.25, -0.2) is 22.4 Å². The Morgan fingerprint density at radius 2 is 1.43 bits per heavy atom. The Bertz CT molecular complexity index is 2450. The van der Waals surface area contributed by atoms with Crippen LogP contribution in [0.1, 0.15) is 42.7 Å². The number of aromatic amines is 1. The van der Waals surface area contributed by atoms with Gasteiger partial charge in [0.1, 0.15) is 29.3 Å². The molecule has 0 unspecified atom stereocenters. The fraction of sp³-hybridized carbons (Fsp3) is 0.341. The van der Waals surface area contributed by atoms with Crippen LogP contribution in [0.5, 0.6) is 11.5 Å². The largest absolute Gasteiger partial charge is 0.497 e. The first-order chi connectivity index (χ1) is 29.5. The number of sulfone groups is 1. The van der Waals surface area contributed by atoms with Crippen molar-refractivity contribution >= 4 is 24.3 Å². The van der Waals surface area contributed by atoms with Crippen LogP contribution in [0.3, 0.4) is 0 Å². The molecule has 0 spiro atoms. The molecule has 3 aliphatic heterocycles. The summed E-state index contributed by atoms with van der Waals surface area (Å²) in [4.78, 5) is 42.3. The van der Waals surface area contributed by atoms with Crippen LogP contribution in [0.25, 0.3) is 0 Å². The van der Waals surface area contributed by atoms with E-state index in [1.165, 1.54) is 19.2 Å². The van der Waals surface area contributed by atoms with Crippen molar-refractivity contribution in [1.82, 2.24) is 14.2 Å². The molecule has 5 aromatic rings. The van der Waals surface area contributed by atoms with Gasteiger partial charge in [0.15, 0.2) is 22.2 Å². The third-order valence-electron chi connectivity index (χ3n) is 11.2. The molecule has 15 nitrogen and oxygen atoms in total. The van der Waals surface area contributed by atoms with Crippen LogP contribution in [0.2, 0.25) is 0 Å². The molecule has 3 fully saturated rings. The molecule has 61 heavy (non-hydrogen) atoms. The third-order valence-corrected chi connectivity index (χ3v) is 14.7. The maximum absolute atomic E-state index is 13.6. The van der Waals surface area contributed by atoms with E-state index in [0.29, 0.717) is 24.5 Å². The van der Waals surface area contributed by atoms with Crippen LogP contribution >= 0.6 is 8.53 Å². The van der Waals surface area contributed by atoms with E-state index in [2.05, 4.69) is 4.98 Å². The van der Waals surface area contributed by atoms with Gasteiger partial charge < -0.3 is 37.7 Å². The number of aromatic nitrogens is 2. The molecule has 17 heteroatoms. The maximum atomic E-state index is 13.6. The summed E-state index contributed by atoms with van der Waals surface area (Å²) >= 11 is 0. The van der Waals surface area contributed by atoms with E-state index in [9.17, 15) is 22.8 Å². The van der Waals surface area contributed by atoms with Crippen molar-refractivity contribution in [1.29, 1.82) is 0 Å². The van der Waals surface area contributed by atoms with Gasteiger partial charge in [0.2, 0.25) is 0 Å². The molecule has 7 atom stereocenters. The Kier molecular flexibility index (Phi) is 12.6. The SMILES string of the molecule is COc1ccc(C(OC[C@H]2O[C@@H](n3c(=O)cc[nH]c3=O)[C@@H](OC(C)=O)[C@@H]2O[P@]2O[C@H](CS(=O)(=O)c3ccccc3)[C@@H]3CCCN32)(c2ccccc2)c2ccc(OC)cc2)cc1. The predicted octanol–water partition coefficient (Wildman–Crippen LogP) is 5.34. The Morgan fingerprint density at radius 3 is 2.02 bits per heavy atom. The highest BCUT2D eigenvalue weighted by atomic mass is 32.2. The number of nitrogens with one attached hydrogen (secondary N) is 1. The van der Waals surface area contributed by atoms with Crippen molar-refractivity contribution in [3.8, 4) is 11.5 Å². The summed E-state index contributed by atoms with van der Waals surface area (Å²) in [6, 6.07) is 33.6. The van der Waals surface area contributed by atoms with E-state index < -0.39 is 71.8 Å². The number of carbonyl (C=O) groups is 1. The number of benzene rings is 4. The molecular formula is C44H46N3O12PS. The summed E-state index contributed by atoms with van der Waals surface area (Å²) in [5.41, 5.74) is -0.579. The lowest BCUT2D eigenvalue weighted by molar-refractivity contribution is -0.155. The standard InChI is InChI=1S/C44H46N3O12PS/c1-29(48)56-41-40(59-60-46-26-10-15-36(46)38(58-60)28-61(51,52)35-13-8-5-9-14-35)37(57-42(41)47-39(49)24-25-45-43(47)50)27-55-44(30-11-6-4-7-12-30,31-16-20-33(53-2)21-17-31)32-18-22-34(54-3)23-19-32/h4-9,11-14,16-25,36-38,40-42H,10,15,26-28H2,1-3H3,(H,45,50)/t36-,37+,38+,40+,41-,42+,60-/m0/s1. The van der Waals surface area contributed by atoms with Crippen LogP contribution in [0, 0.1) is 0 Å². The minimum absolute atomic E-state index is 0.189. The lowest BCUT2D eigenvalue weighted by Gasteiger charge is -2.37. The molecule has 1 aromatic heterocycles. The van der Waals surface area contributed by atoms with Crippen LogP contribution in [0.4, 0.5) is 0 Å². The van der Waals surface area contributed by atoms with Gasteiger partial charge >= 0.3 is 11.7 Å². The van der Waals surface area contributed by atoms with Gasteiger partial charge in [0.25, 0.3) is 14.1 Å². The summed E-state index contributed by atoms with van der Waals surface area (Å²) in [5, 5.41) is 0. The van der Waals surface area contributed by atoms with Crippen molar-refractivity contribution in [2.45, 2.75) is 66.9 Å². The Balaban J connectivity index is 1.20. The highest BCUT2D eigenvalue weighted by molar-refractivity contribution is 7.91. The van der Waals surface area contributed by atoms with Crippen molar-refractivity contribution < 1.29 is 45.9 Å². The van der Waals surface area contributed by atoms with Crippen LogP contribution < -0.4 is 20.7 Å². The second-order valence-electron chi connectivity index (χ2n) is 14.9. The van der Waals surface area contributed by atoms with Gasteiger partial charge in [-0.3, -0.25) is 9.59 Å². The second-order valence-corrected chi connectivity index (χ2v) is 18.3. The molecule has 1 N–H and O–H groups in total. The second kappa shape index (κ2) is 18.0. The number of rotatable bonds is 15. The molecule has 0 aliphatic carbocycles. The smallest absolute Gasteiger partial charge is 0.330 e. The summed E-state index contributed by atoms with van der Waals surface area (Å²) in [6.45, 7) is 1.55. The highest BCUT2D eigenvalue weighted by Gasteiger charge is 2.56. The molecule has 3 saturated heterocycles. The van der Waals surface area contributed by atoms with Crippen LogP contribution in [0.15, 0.2) is 136 Å². The number of hydrogen-bond acceptors (Lipinski definition) is 13. The van der Waals surface area contributed by atoms with Crippen LogP contribution in [-0.4, -0.2) is 92.2 Å². The van der Waals surface area contributed by atoms with Gasteiger partial charge in [-0.1, -0.05) is 72.8 Å². The number of esters is 1. The van der Waals surface area contributed by atoms with E-state index in [0.717, 1.165) is 27.7 Å². The highest BCUT2D eigenvalue weighted by Crippen LogP contribution is 2.58. The molecular weight excluding hydrogens is 826 g/mol. The van der Waals surface area contributed by atoms with E-state index in [4.69, 9.17) is 32.7 Å². The Labute approximate surface area is 354 Å². The van der Waals surface area contributed by atoms with Crippen LogP contribution in [-0.2, 0) is 43.5 Å². The van der Waals surface area contributed by atoms with Crippen molar-refractivity contribution in [2.24, 2.45) is 0 Å². The number of nitrogens with zero attached hydrogens (tertiary/aromatic N) is 2. The van der Waals surface area contributed by atoms with Gasteiger partial charge in [0, 0.05) is 31.8 Å². The third kappa shape index (κ3) is 8.54. The minimum atomic E-state index is -3.74. The molecule has 4 aromatic carbocycles. The number of carbonyl (C=O) groups excluding carboxylic acids is 1. The molecule has 320 valence electrons. The molecule has 0 radical (unpaired) electrons. The normalized spacial score (nSPS) is 24.0. The van der Waals surface area contributed by atoms with E-state index in [1.807, 2.05) is 83.5 Å². The van der Waals surface area contributed by atoms with E-state index in [1.54, 1.807) is 44.6 Å². The first kappa shape index (κ1) is 42.5. The molecule has 0 bridgehead atoms. The van der Waals surface area contributed by atoms with Gasteiger partial charge in [-0.05, 0) is 65.9 Å². The number of methoxy groups -OCH3 is 2. The predicted molar refractivity (Wildman–Crippen MR) is 224 cm³/mol. The zero-order valence-corrected chi connectivity index (χ0v) is 35.4. The Morgan fingerprint density at radius 1 is 0.820 bits per heavy atom. The molecule has 3 aliphatic rings. The average molecular weight is 872 g/mol. The zero-order chi connectivity index (χ0) is 42.7. The van der Waals surface area contributed by atoms with Crippen molar-refractivity contribution in [3.63, 3.8) is 0 Å². The maximum Gasteiger partial charge on any atom is 0.330 e. The number of H-pyrrole nitrogens is 1. The molecule has 0 saturated carbocycles. The Hall–Kier alpha value is -5.19. The fourth-order valence-electron chi connectivity index (χ4n) is 8.33. The van der Waals surface area contributed by atoms with Crippen molar-refractivity contribution in [2.75, 3.05) is 33.1 Å². The zero-order valence-electron chi connectivity index (χ0n) is 33.7. The van der Waals surface area contributed by atoms with E-state index >= 15 is 0 Å². The van der Waals surface area contributed by atoms with Gasteiger partial charge in [-0.15, -0.1) is 0 Å². The first-order valence-corrected chi connectivity index (χ1v) is 22.6. The molecule has 0 amide bonds. The fourth-order valence-corrected chi connectivity index (χ4v) is 11.9. The quantitative estimate of drug-likeness (QED) is 0.0813. The average Bonchev–Trinajstić information content (AvgIpc) is 3.97. The summed E-state index contributed by atoms with van der Waals surface area (Å²) < 4.78 is 74.2. The molecule has 4 heterocycles. The molecule has 8 rings (SSSR count). The number of ether oxygens (including phenoxy) is 5. The lowest BCUT2D eigenvalue weighted by atomic mass is 9.80. The summed E-state index contributed by atoms with van der Waals surface area (Å²) in [6.07, 6.45) is -3.13. The first-order valence-electron chi connectivity index (χ1n) is 19.8. The van der Waals surface area contributed by atoms with Crippen molar-refractivity contribution in [3.05, 3.63) is 159 Å². The topological polar surface area (TPSA) is 174 Å². The van der Waals surface area contributed by atoms with E-state index in [-0.39, 0.29) is 23.3 Å². The minimum Gasteiger partial charge on any atom is -0.497 e. The number of hydrogen-bond donors (Lipinski definition) is 1.